The molecule has 6 aromatic rings. The first-order chi connectivity index (χ1) is 22.1. The highest BCUT2D eigenvalue weighted by Crippen LogP contribution is 2.28. The summed E-state index contributed by atoms with van der Waals surface area (Å²) < 4.78 is 29.8. The number of aliphatic hydroxyl groups excluding tert-OH is 1. The summed E-state index contributed by atoms with van der Waals surface area (Å²) in [4.78, 5) is 28.7. The number of aliphatic hydroxyl groups is 1. The van der Waals surface area contributed by atoms with Gasteiger partial charge in [-0.25, -0.2) is 28.7 Å². The quantitative estimate of drug-likeness (QED) is 0.133. The van der Waals surface area contributed by atoms with Crippen LogP contribution in [0.1, 0.15) is 70.5 Å². The molecule has 0 amide bonds. The molecule has 234 valence electrons. The maximum absolute atomic E-state index is 13.1. The van der Waals surface area contributed by atoms with Crippen LogP contribution < -0.4 is 0 Å². The number of hydrogen-bond donors (Lipinski definition) is 1. The summed E-state index contributed by atoms with van der Waals surface area (Å²) in [6.45, 7) is 3.88. The summed E-state index contributed by atoms with van der Waals surface area (Å²) in [5.41, 5.74) is 3.95. The smallest absolute Gasteiger partial charge is 0.211 e. The average molecular weight is 662 g/mol. The molecule has 0 aliphatic heterocycles. The lowest BCUT2D eigenvalue weighted by atomic mass is 10.1. The summed E-state index contributed by atoms with van der Waals surface area (Å²) >= 11 is 11.7. The molecule has 46 heavy (non-hydrogen) atoms. The largest absolute Gasteiger partial charge is 0.382 e. The minimum Gasteiger partial charge on any atom is -0.382 e. The standard InChI is InChI=1S/C17H15ClFN3O.C17H13ClFN3O/c2*1-11(12-2-4-14(19)5-3-12)22-10-20-9-15(22)17(23)13-6-7-21-16(18)8-13/h2-11,17,23H,1H3;2-11H,1H3/t11-,17?;11-/m11/s1. The Kier molecular flexibility index (Phi) is 10.3. The molecule has 2 aromatic carbocycles. The van der Waals surface area contributed by atoms with E-state index in [9.17, 15) is 18.7 Å². The van der Waals surface area contributed by atoms with Crippen LogP contribution in [-0.2, 0) is 0 Å². The van der Waals surface area contributed by atoms with Crippen molar-refractivity contribution in [3.05, 3.63) is 166 Å². The number of rotatable bonds is 8. The number of aromatic nitrogens is 6. The minimum atomic E-state index is -0.874. The van der Waals surface area contributed by atoms with Crippen LogP contribution in [0.4, 0.5) is 8.78 Å². The van der Waals surface area contributed by atoms with Crippen LogP contribution in [0.25, 0.3) is 0 Å². The Bertz CT molecular complexity index is 1930. The van der Waals surface area contributed by atoms with Crippen LogP contribution in [0.15, 0.2) is 110 Å². The normalized spacial score (nSPS) is 12.9. The lowest BCUT2D eigenvalue weighted by Gasteiger charge is -2.20. The Morgan fingerprint density at radius 1 is 0.717 bits per heavy atom. The van der Waals surface area contributed by atoms with Crippen molar-refractivity contribution in [3.63, 3.8) is 0 Å². The van der Waals surface area contributed by atoms with Gasteiger partial charge in [-0.1, -0.05) is 47.5 Å². The van der Waals surface area contributed by atoms with E-state index in [2.05, 4.69) is 19.9 Å². The number of carbonyl (C=O) groups is 1. The highest BCUT2D eigenvalue weighted by atomic mass is 35.5. The Labute approximate surface area is 274 Å². The summed E-state index contributed by atoms with van der Waals surface area (Å²) in [6, 6.07) is 18.6. The predicted molar refractivity (Wildman–Crippen MR) is 171 cm³/mol. The number of benzene rings is 2. The van der Waals surface area contributed by atoms with Gasteiger partial charge in [0, 0.05) is 18.0 Å². The van der Waals surface area contributed by atoms with Crippen molar-refractivity contribution in [2.24, 2.45) is 0 Å². The van der Waals surface area contributed by atoms with Crippen molar-refractivity contribution in [3.8, 4) is 0 Å². The first kappa shape index (κ1) is 32.6. The van der Waals surface area contributed by atoms with Gasteiger partial charge in [-0.2, -0.15) is 0 Å². The number of halogens is 4. The number of nitrogens with zero attached hydrogens (tertiary/aromatic N) is 6. The van der Waals surface area contributed by atoms with E-state index in [0.717, 1.165) is 11.1 Å². The molecular formula is C34H28Cl2F2N6O2. The van der Waals surface area contributed by atoms with E-state index >= 15 is 0 Å². The van der Waals surface area contributed by atoms with Crippen molar-refractivity contribution in [2.75, 3.05) is 0 Å². The topological polar surface area (TPSA) is 98.7 Å². The maximum Gasteiger partial charge on any atom is 0.211 e. The second kappa shape index (κ2) is 14.6. The van der Waals surface area contributed by atoms with Crippen LogP contribution in [-0.4, -0.2) is 40.0 Å². The van der Waals surface area contributed by atoms with E-state index in [4.69, 9.17) is 23.2 Å². The first-order valence-electron chi connectivity index (χ1n) is 14.1. The van der Waals surface area contributed by atoms with Crippen molar-refractivity contribution in [1.82, 2.24) is 29.1 Å². The molecular weight excluding hydrogens is 633 g/mol. The second-order valence-corrected chi connectivity index (χ2v) is 11.2. The molecule has 12 heteroatoms. The van der Waals surface area contributed by atoms with Gasteiger partial charge in [0.2, 0.25) is 5.78 Å². The third kappa shape index (κ3) is 7.54. The number of pyridine rings is 2. The van der Waals surface area contributed by atoms with Gasteiger partial charge < -0.3 is 14.2 Å². The fourth-order valence-corrected chi connectivity index (χ4v) is 5.25. The lowest BCUT2D eigenvalue weighted by molar-refractivity contribution is 0.102. The highest BCUT2D eigenvalue weighted by Gasteiger charge is 2.21. The molecule has 0 bridgehead atoms. The number of carbonyl (C=O) groups excluding carboxylic acids is 1. The van der Waals surface area contributed by atoms with Gasteiger partial charge in [-0.15, -0.1) is 0 Å². The van der Waals surface area contributed by atoms with Crippen LogP contribution in [0.3, 0.4) is 0 Å². The maximum atomic E-state index is 13.1. The number of hydrogen-bond acceptors (Lipinski definition) is 6. The van der Waals surface area contributed by atoms with Gasteiger partial charge in [0.1, 0.15) is 33.7 Å². The van der Waals surface area contributed by atoms with E-state index < -0.39 is 6.10 Å². The minimum absolute atomic E-state index is 0.0972. The summed E-state index contributed by atoms with van der Waals surface area (Å²) in [5.74, 6) is -0.770. The molecule has 1 N–H and O–H groups in total. The fourth-order valence-electron chi connectivity index (χ4n) is 4.89. The zero-order valence-electron chi connectivity index (χ0n) is 24.7. The molecule has 0 aliphatic carbocycles. The van der Waals surface area contributed by atoms with Crippen LogP contribution in [0.2, 0.25) is 10.3 Å². The van der Waals surface area contributed by atoms with Crippen LogP contribution in [0.5, 0.6) is 0 Å². The molecule has 4 heterocycles. The van der Waals surface area contributed by atoms with Crippen LogP contribution in [0, 0.1) is 11.6 Å². The molecule has 1 unspecified atom stereocenters. The van der Waals surface area contributed by atoms with Gasteiger partial charge in [0.15, 0.2) is 0 Å². The molecule has 0 saturated carbocycles. The first-order valence-corrected chi connectivity index (χ1v) is 14.9. The Hall–Kier alpha value is -4.77. The summed E-state index contributed by atoms with van der Waals surface area (Å²) in [6.07, 6.45) is 8.51. The van der Waals surface area contributed by atoms with Crippen molar-refractivity contribution in [2.45, 2.75) is 32.0 Å². The number of imidazole rings is 2. The zero-order valence-corrected chi connectivity index (χ0v) is 26.2. The fraction of sp³-hybridized carbons (Fsp3) is 0.147. The van der Waals surface area contributed by atoms with Crippen LogP contribution >= 0.6 is 23.2 Å². The highest BCUT2D eigenvalue weighted by molar-refractivity contribution is 6.30. The molecule has 0 aliphatic rings. The van der Waals surface area contributed by atoms with Crippen molar-refractivity contribution < 1.29 is 18.7 Å². The molecule has 8 nitrogen and oxygen atoms in total. The van der Waals surface area contributed by atoms with Crippen molar-refractivity contribution in [1.29, 1.82) is 0 Å². The number of ketones is 1. The monoisotopic (exact) mass is 660 g/mol. The summed E-state index contributed by atoms with van der Waals surface area (Å²) in [5, 5.41) is 11.2. The van der Waals surface area contributed by atoms with Gasteiger partial charge in [0.05, 0.1) is 42.8 Å². The SMILES string of the molecule is C[C@H](c1ccc(F)cc1)n1cncc1C(=O)c1ccnc(Cl)c1.C[C@H](c1ccc(F)cc1)n1cncc1C(O)c1ccnc(Cl)c1. The third-order valence-electron chi connectivity index (χ3n) is 7.47. The third-order valence-corrected chi connectivity index (χ3v) is 7.88. The molecule has 0 fully saturated rings. The predicted octanol–water partition coefficient (Wildman–Crippen LogP) is 7.67. The van der Waals surface area contributed by atoms with Gasteiger partial charge in [-0.3, -0.25) is 4.79 Å². The van der Waals surface area contributed by atoms with E-state index in [-0.39, 0.29) is 34.7 Å². The lowest BCUT2D eigenvalue weighted by Crippen LogP contribution is -2.14. The van der Waals surface area contributed by atoms with E-state index in [1.54, 1.807) is 72.1 Å². The Balaban J connectivity index is 0.000000181. The van der Waals surface area contributed by atoms with E-state index in [0.29, 0.717) is 27.7 Å². The van der Waals surface area contributed by atoms with Gasteiger partial charge >= 0.3 is 0 Å². The molecule has 3 atom stereocenters. The van der Waals surface area contributed by atoms with Gasteiger partial charge in [0.25, 0.3) is 0 Å². The molecule has 0 radical (unpaired) electrons. The van der Waals surface area contributed by atoms with Gasteiger partial charge in [-0.05, 0) is 79.1 Å². The zero-order chi connectivity index (χ0) is 32.8. The Morgan fingerprint density at radius 3 is 1.83 bits per heavy atom. The van der Waals surface area contributed by atoms with E-state index in [1.807, 2.05) is 18.4 Å². The molecule has 0 saturated heterocycles. The molecule has 4 aromatic heterocycles. The molecule has 0 spiro atoms. The van der Waals surface area contributed by atoms with Crippen molar-refractivity contribution >= 4 is 29.0 Å². The summed E-state index contributed by atoms with van der Waals surface area (Å²) in [7, 11) is 0. The Morgan fingerprint density at radius 2 is 1.24 bits per heavy atom. The van der Waals surface area contributed by atoms with E-state index in [1.165, 1.54) is 42.7 Å². The average Bonchev–Trinajstić information content (AvgIpc) is 3.75. The molecule has 6 rings (SSSR count). The second-order valence-electron chi connectivity index (χ2n) is 10.4.